The molecule has 1 N–H and O–H groups in total. The van der Waals surface area contributed by atoms with Gasteiger partial charge >= 0.3 is 0 Å². The van der Waals surface area contributed by atoms with Crippen LogP contribution in [-0.4, -0.2) is 18.3 Å². The maximum atomic E-state index is 10.3. The molecular weight excluding hydrogens is 284 g/mol. The highest BCUT2D eigenvalue weighted by atomic mass is 79.9. The van der Waals surface area contributed by atoms with Crippen LogP contribution in [0.1, 0.15) is 32.4 Å². The van der Waals surface area contributed by atoms with E-state index in [1.165, 1.54) is 0 Å². The first-order valence-electron chi connectivity index (χ1n) is 5.66. The van der Waals surface area contributed by atoms with Crippen molar-refractivity contribution in [3.05, 3.63) is 22.2 Å². The zero-order valence-corrected chi connectivity index (χ0v) is 11.9. The van der Waals surface area contributed by atoms with Gasteiger partial charge in [0, 0.05) is 4.47 Å². The van der Waals surface area contributed by atoms with Gasteiger partial charge in [0.1, 0.15) is 13.2 Å². The van der Waals surface area contributed by atoms with Crippen molar-refractivity contribution in [1.82, 2.24) is 0 Å². The number of aliphatic hydroxyl groups excluding tert-OH is 1. The molecule has 1 aromatic rings. The van der Waals surface area contributed by atoms with E-state index in [-0.39, 0.29) is 5.41 Å². The summed E-state index contributed by atoms with van der Waals surface area (Å²) in [7, 11) is 0. The Morgan fingerprint density at radius 3 is 2.24 bits per heavy atom. The second-order valence-corrected chi connectivity index (χ2v) is 6.14. The van der Waals surface area contributed by atoms with Gasteiger partial charge in [-0.05, 0) is 23.1 Å². The van der Waals surface area contributed by atoms with E-state index in [0.717, 1.165) is 15.8 Å². The average Bonchev–Trinajstić information content (AvgIpc) is 2.26. The predicted octanol–water partition coefficient (Wildman–Crippen LogP) is 3.30. The smallest absolute Gasteiger partial charge is 0.162 e. The van der Waals surface area contributed by atoms with Crippen LogP contribution in [0.4, 0.5) is 0 Å². The second-order valence-electron chi connectivity index (χ2n) is 5.29. The molecule has 4 heteroatoms. The molecule has 1 aliphatic rings. The Morgan fingerprint density at radius 2 is 1.71 bits per heavy atom. The topological polar surface area (TPSA) is 38.7 Å². The molecule has 0 saturated heterocycles. The summed E-state index contributed by atoms with van der Waals surface area (Å²) in [5, 5.41) is 10.3. The van der Waals surface area contributed by atoms with E-state index in [9.17, 15) is 5.11 Å². The van der Waals surface area contributed by atoms with Crippen molar-refractivity contribution < 1.29 is 14.6 Å². The molecule has 0 aliphatic carbocycles. The average molecular weight is 301 g/mol. The second kappa shape index (κ2) is 4.50. The Hall–Kier alpha value is -0.740. The predicted molar refractivity (Wildman–Crippen MR) is 69.5 cm³/mol. The normalized spacial score (nSPS) is 16.8. The molecule has 1 aromatic carbocycles. The first kappa shape index (κ1) is 12.7. The minimum absolute atomic E-state index is 0.216. The molecule has 0 amide bonds. The highest BCUT2D eigenvalue weighted by Gasteiger charge is 2.27. The van der Waals surface area contributed by atoms with Gasteiger partial charge in [-0.3, -0.25) is 0 Å². The maximum Gasteiger partial charge on any atom is 0.162 e. The fourth-order valence-corrected chi connectivity index (χ4v) is 2.29. The molecule has 0 radical (unpaired) electrons. The standard InChI is InChI=1S/C13H17BrO3/c1-13(2,3)12(15)8-6-10-11(7-9(8)14)17-5-4-16-10/h6-7,12,15H,4-5H2,1-3H3. The van der Waals surface area contributed by atoms with Gasteiger partial charge in [-0.2, -0.15) is 0 Å². The molecule has 2 rings (SSSR count). The van der Waals surface area contributed by atoms with Crippen molar-refractivity contribution in [3.63, 3.8) is 0 Å². The third kappa shape index (κ3) is 2.58. The lowest BCUT2D eigenvalue weighted by Gasteiger charge is -2.28. The van der Waals surface area contributed by atoms with Gasteiger partial charge in [0.15, 0.2) is 11.5 Å². The van der Waals surface area contributed by atoms with Gasteiger partial charge in [-0.25, -0.2) is 0 Å². The summed E-state index contributed by atoms with van der Waals surface area (Å²) in [6.07, 6.45) is -0.548. The highest BCUT2D eigenvalue weighted by molar-refractivity contribution is 9.10. The number of benzene rings is 1. The number of fused-ring (bicyclic) bond motifs is 1. The Balaban J connectivity index is 2.41. The van der Waals surface area contributed by atoms with Gasteiger partial charge < -0.3 is 14.6 Å². The molecule has 0 saturated carbocycles. The molecule has 0 spiro atoms. The molecule has 1 unspecified atom stereocenters. The van der Waals surface area contributed by atoms with E-state index < -0.39 is 6.10 Å². The number of aliphatic hydroxyl groups is 1. The van der Waals surface area contributed by atoms with Crippen molar-refractivity contribution in [2.75, 3.05) is 13.2 Å². The number of halogens is 1. The Kier molecular flexibility index (Phi) is 3.36. The monoisotopic (exact) mass is 300 g/mol. The van der Waals surface area contributed by atoms with Crippen LogP contribution in [0.2, 0.25) is 0 Å². The summed E-state index contributed by atoms with van der Waals surface area (Å²) < 4.78 is 11.9. The zero-order chi connectivity index (χ0) is 12.6. The maximum absolute atomic E-state index is 10.3. The third-order valence-electron chi connectivity index (χ3n) is 2.78. The van der Waals surface area contributed by atoms with Crippen LogP contribution in [-0.2, 0) is 0 Å². The fraction of sp³-hybridized carbons (Fsp3) is 0.538. The molecule has 1 aliphatic heterocycles. The van der Waals surface area contributed by atoms with Crippen LogP contribution in [0.5, 0.6) is 11.5 Å². The summed E-state index contributed by atoms with van der Waals surface area (Å²) in [5.41, 5.74) is 0.619. The van der Waals surface area contributed by atoms with E-state index in [0.29, 0.717) is 19.0 Å². The fourth-order valence-electron chi connectivity index (χ4n) is 1.76. The molecule has 94 valence electrons. The van der Waals surface area contributed by atoms with Crippen molar-refractivity contribution in [2.45, 2.75) is 26.9 Å². The Bertz CT molecular complexity index is 423. The lowest BCUT2D eigenvalue weighted by molar-refractivity contribution is 0.0614. The van der Waals surface area contributed by atoms with Crippen LogP contribution in [0.3, 0.4) is 0 Å². The summed E-state index contributed by atoms with van der Waals surface area (Å²) in [4.78, 5) is 0. The molecule has 1 atom stereocenters. The Morgan fingerprint density at radius 1 is 1.18 bits per heavy atom. The van der Waals surface area contributed by atoms with Crippen molar-refractivity contribution >= 4 is 15.9 Å². The number of rotatable bonds is 1. The molecule has 17 heavy (non-hydrogen) atoms. The van der Waals surface area contributed by atoms with Crippen molar-refractivity contribution in [2.24, 2.45) is 5.41 Å². The van der Waals surface area contributed by atoms with Crippen LogP contribution < -0.4 is 9.47 Å². The van der Waals surface area contributed by atoms with Crippen LogP contribution >= 0.6 is 15.9 Å². The van der Waals surface area contributed by atoms with E-state index in [1.807, 2.05) is 32.9 Å². The van der Waals surface area contributed by atoms with Gasteiger partial charge in [0.05, 0.1) is 6.10 Å². The van der Waals surface area contributed by atoms with E-state index in [2.05, 4.69) is 15.9 Å². The van der Waals surface area contributed by atoms with E-state index >= 15 is 0 Å². The third-order valence-corrected chi connectivity index (χ3v) is 3.46. The van der Waals surface area contributed by atoms with Gasteiger partial charge in [-0.15, -0.1) is 0 Å². The molecule has 0 bridgehead atoms. The first-order valence-corrected chi connectivity index (χ1v) is 6.46. The minimum Gasteiger partial charge on any atom is -0.486 e. The van der Waals surface area contributed by atoms with E-state index in [1.54, 1.807) is 0 Å². The zero-order valence-electron chi connectivity index (χ0n) is 10.3. The summed E-state index contributed by atoms with van der Waals surface area (Å²) >= 11 is 3.47. The number of ether oxygens (including phenoxy) is 2. The minimum atomic E-state index is -0.548. The van der Waals surface area contributed by atoms with Crippen LogP contribution in [0, 0.1) is 5.41 Å². The van der Waals surface area contributed by atoms with E-state index in [4.69, 9.17) is 9.47 Å². The Labute approximate surface area is 110 Å². The lowest BCUT2D eigenvalue weighted by atomic mass is 9.85. The van der Waals surface area contributed by atoms with Crippen molar-refractivity contribution in [3.8, 4) is 11.5 Å². The SMILES string of the molecule is CC(C)(C)C(O)c1cc2c(cc1Br)OCCO2. The molecule has 3 nitrogen and oxygen atoms in total. The number of hydrogen-bond acceptors (Lipinski definition) is 3. The first-order chi connectivity index (χ1) is 7.89. The molecule has 0 fully saturated rings. The summed E-state index contributed by atoms with van der Waals surface area (Å²) in [6, 6.07) is 3.72. The van der Waals surface area contributed by atoms with Crippen LogP contribution in [0.15, 0.2) is 16.6 Å². The van der Waals surface area contributed by atoms with Gasteiger partial charge in [0.2, 0.25) is 0 Å². The molecular formula is C13H17BrO3. The molecule has 0 aromatic heterocycles. The largest absolute Gasteiger partial charge is 0.486 e. The summed E-state index contributed by atoms with van der Waals surface area (Å²) in [6.45, 7) is 7.13. The van der Waals surface area contributed by atoms with Crippen molar-refractivity contribution in [1.29, 1.82) is 0 Å². The van der Waals surface area contributed by atoms with Crippen LogP contribution in [0.25, 0.3) is 0 Å². The highest BCUT2D eigenvalue weighted by Crippen LogP contribution is 2.42. The number of hydrogen-bond donors (Lipinski definition) is 1. The molecule has 1 heterocycles. The lowest BCUT2D eigenvalue weighted by Crippen LogP contribution is -2.20. The summed E-state index contributed by atoms with van der Waals surface area (Å²) in [5.74, 6) is 1.44. The van der Waals surface area contributed by atoms with Gasteiger partial charge in [-0.1, -0.05) is 36.7 Å². The quantitative estimate of drug-likeness (QED) is 0.865. The van der Waals surface area contributed by atoms with Gasteiger partial charge in [0.25, 0.3) is 0 Å².